The van der Waals surface area contributed by atoms with E-state index in [0.29, 0.717) is 41.9 Å². The molecule has 2 heterocycles. The van der Waals surface area contributed by atoms with Crippen molar-refractivity contribution in [1.82, 2.24) is 20.1 Å². The number of ether oxygens (including phenoxy) is 2. The quantitative estimate of drug-likeness (QED) is 0.638. The second-order valence-electron chi connectivity index (χ2n) is 7.06. The van der Waals surface area contributed by atoms with Gasteiger partial charge in [-0.15, -0.1) is 0 Å². The number of aromatic amines is 1. The topological polar surface area (TPSA) is 69.8 Å². The van der Waals surface area contributed by atoms with Crippen molar-refractivity contribution in [3.8, 4) is 11.5 Å². The number of hydrogen-bond acceptors (Lipinski definition) is 5. The summed E-state index contributed by atoms with van der Waals surface area (Å²) in [7, 11) is 1.81. The highest BCUT2D eigenvalue weighted by atomic mass is 32.1. The average Bonchev–Trinajstić information content (AvgIpc) is 2.74. The molecule has 7 nitrogen and oxygen atoms in total. The van der Waals surface area contributed by atoms with E-state index in [9.17, 15) is 4.79 Å². The summed E-state index contributed by atoms with van der Waals surface area (Å²) < 4.78 is 11.3. The first-order valence-corrected chi connectivity index (χ1v) is 10.6. The van der Waals surface area contributed by atoms with Crippen LogP contribution < -0.4 is 20.3 Å². The van der Waals surface area contributed by atoms with Crippen molar-refractivity contribution >= 4 is 28.2 Å². The van der Waals surface area contributed by atoms with Gasteiger partial charge in [-0.2, -0.15) is 0 Å². The Bertz CT molecular complexity index is 911. The number of fused-ring (bicyclic) bond motifs is 2. The van der Waals surface area contributed by atoms with Crippen LogP contribution in [0, 0.1) is 0 Å². The molecule has 0 bridgehead atoms. The summed E-state index contributed by atoms with van der Waals surface area (Å²) in [5.41, 5.74) is 1.31. The maximum atomic E-state index is 12.7. The third-order valence-electron chi connectivity index (χ3n) is 5.24. The summed E-state index contributed by atoms with van der Waals surface area (Å²) in [6, 6.07) is 5.67. The molecular weight excluding hydrogens is 388 g/mol. The number of hydrogen-bond donors (Lipinski definition) is 2. The second-order valence-corrected chi connectivity index (χ2v) is 7.45. The maximum absolute atomic E-state index is 12.7. The minimum absolute atomic E-state index is 0.109. The molecule has 1 aliphatic rings. The first-order chi connectivity index (χ1) is 14.0. The highest BCUT2D eigenvalue weighted by Gasteiger charge is 2.16. The van der Waals surface area contributed by atoms with Gasteiger partial charge in [0, 0.05) is 30.6 Å². The molecule has 0 spiro atoms. The highest BCUT2D eigenvalue weighted by Crippen LogP contribution is 2.33. The second kappa shape index (κ2) is 9.93. The van der Waals surface area contributed by atoms with Gasteiger partial charge in [-0.05, 0) is 50.4 Å². The molecule has 8 heteroatoms. The lowest BCUT2D eigenvalue weighted by Crippen LogP contribution is -2.40. The van der Waals surface area contributed by atoms with Gasteiger partial charge in [0.25, 0.3) is 5.56 Å². The van der Waals surface area contributed by atoms with Crippen molar-refractivity contribution < 1.29 is 9.47 Å². The monoisotopic (exact) mass is 418 g/mol. The summed E-state index contributed by atoms with van der Waals surface area (Å²) in [4.78, 5) is 20.1. The minimum Gasteiger partial charge on any atom is -0.486 e. The Morgan fingerprint density at radius 3 is 2.48 bits per heavy atom. The molecule has 0 amide bonds. The van der Waals surface area contributed by atoms with Gasteiger partial charge < -0.3 is 29.6 Å². The highest BCUT2D eigenvalue weighted by molar-refractivity contribution is 7.80. The van der Waals surface area contributed by atoms with Gasteiger partial charge in [-0.1, -0.05) is 13.8 Å². The fraction of sp³-hybridized carbons (Fsp3) is 0.524. The Hall–Kier alpha value is -2.32. The molecule has 3 rings (SSSR count). The zero-order valence-corrected chi connectivity index (χ0v) is 18.2. The van der Waals surface area contributed by atoms with E-state index in [0.717, 1.165) is 43.5 Å². The van der Waals surface area contributed by atoms with Crippen LogP contribution in [0.25, 0.3) is 10.9 Å². The largest absolute Gasteiger partial charge is 0.486 e. The van der Waals surface area contributed by atoms with Gasteiger partial charge in [-0.25, -0.2) is 0 Å². The molecule has 1 aromatic carbocycles. The lowest BCUT2D eigenvalue weighted by atomic mass is 10.1. The molecule has 2 aromatic rings. The summed E-state index contributed by atoms with van der Waals surface area (Å²) in [5, 5.41) is 4.61. The van der Waals surface area contributed by atoms with E-state index in [-0.39, 0.29) is 5.56 Å². The maximum Gasteiger partial charge on any atom is 0.253 e. The molecular formula is C21H30N4O3S. The Morgan fingerprint density at radius 2 is 1.83 bits per heavy atom. The molecule has 0 aliphatic carbocycles. The first kappa shape index (κ1) is 21.4. The molecule has 2 N–H and O–H groups in total. The predicted octanol–water partition coefficient (Wildman–Crippen LogP) is 2.34. The molecule has 0 radical (unpaired) electrons. The van der Waals surface area contributed by atoms with Crippen LogP contribution in [0.4, 0.5) is 0 Å². The van der Waals surface area contributed by atoms with E-state index in [4.69, 9.17) is 21.7 Å². The number of H-pyrrole nitrogens is 1. The van der Waals surface area contributed by atoms with Crippen LogP contribution in [0.2, 0.25) is 0 Å². The molecule has 0 fully saturated rings. The lowest BCUT2D eigenvalue weighted by molar-refractivity contribution is 0.172. The van der Waals surface area contributed by atoms with E-state index in [1.165, 1.54) is 0 Å². The number of thiocarbonyl (C=S) groups is 1. The van der Waals surface area contributed by atoms with Crippen molar-refractivity contribution in [2.75, 3.05) is 46.4 Å². The lowest BCUT2D eigenvalue weighted by Gasteiger charge is -2.26. The Balaban J connectivity index is 1.80. The van der Waals surface area contributed by atoms with Gasteiger partial charge in [0.15, 0.2) is 16.6 Å². The molecule has 0 saturated heterocycles. The van der Waals surface area contributed by atoms with Crippen LogP contribution in [0.15, 0.2) is 23.0 Å². The van der Waals surface area contributed by atoms with Crippen LogP contribution in [-0.2, 0) is 6.54 Å². The predicted molar refractivity (Wildman–Crippen MR) is 120 cm³/mol. The zero-order chi connectivity index (χ0) is 20.8. The average molecular weight is 419 g/mol. The van der Waals surface area contributed by atoms with Gasteiger partial charge >= 0.3 is 0 Å². The zero-order valence-electron chi connectivity index (χ0n) is 17.4. The number of rotatable bonds is 8. The SMILES string of the molecule is CCN(CC)CCCN(Cc1cc2cc3c(cc2[nH]c1=O)OCCO3)C(=S)NC. The Kier molecular flexibility index (Phi) is 7.33. The minimum atomic E-state index is -0.109. The number of aromatic nitrogens is 1. The van der Waals surface area contributed by atoms with Crippen molar-refractivity contribution in [1.29, 1.82) is 0 Å². The van der Waals surface area contributed by atoms with E-state index in [2.05, 4.69) is 29.0 Å². The summed E-state index contributed by atoms with van der Waals surface area (Å²) >= 11 is 5.48. The van der Waals surface area contributed by atoms with Gasteiger partial charge in [-0.3, -0.25) is 4.79 Å². The summed E-state index contributed by atoms with van der Waals surface area (Å²) in [6.07, 6.45) is 0.980. The van der Waals surface area contributed by atoms with Crippen molar-refractivity contribution in [2.45, 2.75) is 26.8 Å². The molecule has 1 aromatic heterocycles. The number of nitrogens with zero attached hydrogens (tertiary/aromatic N) is 2. The molecule has 0 atom stereocenters. The van der Waals surface area contributed by atoms with Gasteiger partial charge in [0.2, 0.25) is 0 Å². The number of pyridine rings is 1. The normalized spacial score (nSPS) is 13.0. The van der Waals surface area contributed by atoms with Crippen LogP contribution in [0.3, 0.4) is 0 Å². The Labute approximate surface area is 177 Å². The van der Waals surface area contributed by atoms with Crippen LogP contribution in [0.5, 0.6) is 11.5 Å². The molecule has 1 aliphatic heterocycles. The smallest absolute Gasteiger partial charge is 0.253 e. The first-order valence-electron chi connectivity index (χ1n) is 10.2. The van der Waals surface area contributed by atoms with Crippen molar-refractivity contribution in [3.05, 3.63) is 34.1 Å². The van der Waals surface area contributed by atoms with E-state index < -0.39 is 0 Å². The molecule has 158 valence electrons. The fourth-order valence-corrected chi connectivity index (χ4v) is 3.70. The van der Waals surface area contributed by atoms with Crippen LogP contribution in [0.1, 0.15) is 25.8 Å². The van der Waals surface area contributed by atoms with Crippen molar-refractivity contribution in [3.63, 3.8) is 0 Å². The number of nitrogens with one attached hydrogen (secondary N) is 2. The molecule has 0 saturated carbocycles. The van der Waals surface area contributed by atoms with E-state index in [1.54, 1.807) is 0 Å². The summed E-state index contributed by atoms with van der Waals surface area (Å²) in [5.74, 6) is 1.38. The van der Waals surface area contributed by atoms with Gasteiger partial charge in [0.05, 0.1) is 12.1 Å². The van der Waals surface area contributed by atoms with Crippen molar-refractivity contribution in [2.24, 2.45) is 0 Å². The van der Waals surface area contributed by atoms with Gasteiger partial charge in [0.1, 0.15) is 13.2 Å². The van der Waals surface area contributed by atoms with Crippen LogP contribution >= 0.6 is 12.2 Å². The Morgan fingerprint density at radius 1 is 1.14 bits per heavy atom. The third-order valence-corrected chi connectivity index (χ3v) is 5.71. The summed E-state index contributed by atoms with van der Waals surface area (Å²) in [6.45, 7) is 9.71. The molecule has 0 unspecified atom stereocenters. The van der Waals surface area contributed by atoms with Crippen LogP contribution in [-0.4, -0.2) is 66.3 Å². The fourth-order valence-electron chi connectivity index (χ4n) is 3.55. The van der Waals surface area contributed by atoms with E-state index in [1.807, 2.05) is 30.1 Å². The van der Waals surface area contributed by atoms with E-state index >= 15 is 0 Å². The molecule has 29 heavy (non-hydrogen) atoms. The standard InChI is InChI=1S/C21H30N4O3S/c1-4-24(5-2)7-6-8-25(21(29)22-3)14-16-11-15-12-18-19(28-10-9-27-18)13-17(15)23-20(16)26/h11-13H,4-10,14H2,1-3H3,(H,22,29)(H,23,26). The third kappa shape index (κ3) is 5.19. The number of benzene rings is 1.